The van der Waals surface area contributed by atoms with E-state index >= 15 is 0 Å². The number of aromatic nitrogens is 3. The van der Waals surface area contributed by atoms with Crippen LogP contribution in [0.2, 0.25) is 0 Å². The molecule has 0 saturated heterocycles. The number of carbonyl (C=O) groups is 1. The molecule has 0 saturated carbocycles. The average Bonchev–Trinajstić information content (AvgIpc) is 3.14. The van der Waals surface area contributed by atoms with Gasteiger partial charge >= 0.3 is 24.5 Å². The van der Waals surface area contributed by atoms with E-state index in [4.69, 9.17) is 14.6 Å². The molecular weight excluding hydrogens is 627 g/mol. The Labute approximate surface area is 250 Å². The summed E-state index contributed by atoms with van der Waals surface area (Å²) in [5.74, 6) is -2.30. The number of rotatable bonds is 7. The van der Waals surface area contributed by atoms with E-state index in [1.807, 2.05) is 0 Å². The maximum Gasteiger partial charge on any atom is 0.490 e. The van der Waals surface area contributed by atoms with Crippen LogP contribution in [-0.4, -0.2) is 65.6 Å². The van der Waals surface area contributed by atoms with E-state index in [2.05, 4.69) is 25.6 Å². The number of carboxylic acids is 1. The molecule has 3 N–H and O–H groups in total. The van der Waals surface area contributed by atoms with Crippen LogP contribution < -0.4 is 15.5 Å². The number of aliphatic carboxylic acids is 1. The topological polar surface area (TPSA) is 113 Å². The zero-order valence-corrected chi connectivity index (χ0v) is 23.6. The summed E-state index contributed by atoms with van der Waals surface area (Å²) < 4.78 is 117. The van der Waals surface area contributed by atoms with Gasteiger partial charge < -0.3 is 25.4 Å². The van der Waals surface area contributed by atoms with Crippen molar-refractivity contribution in [1.82, 2.24) is 15.0 Å². The van der Waals surface area contributed by atoms with Gasteiger partial charge in [-0.1, -0.05) is 0 Å². The van der Waals surface area contributed by atoms with Crippen molar-refractivity contribution in [3.05, 3.63) is 65.0 Å². The van der Waals surface area contributed by atoms with Crippen LogP contribution in [0.3, 0.4) is 0 Å². The molecular formula is C27H27F9N6O3. The largest absolute Gasteiger partial charge is 0.490 e. The number of methoxy groups -OCH3 is 1. The Hall–Kier alpha value is -4.35. The first-order valence-electron chi connectivity index (χ1n) is 13.1. The Kier molecular flexibility index (Phi) is 11.1. The molecule has 1 atom stereocenters. The summed E-state index contributed by atoms with van der Waals surface area (Å²) in [6, 6.07) is 6.36. The number of benzene rings is 1. The summed E-state index contributed by atoms with van der Waals surface area (Å²) in [6.07, 6.45) is -11.8. The molecule has 18 heteroatoms. The van der Waals surface area contributed by atoms with Gasteiger partial charge in [-0.3, -0.25) is 0 Å². The lowest BCUT2D eigenvalue weighted by Crippen LogP contribution is -2.39. The molecule has 9 nitrogen and oxygen atoms in total. The number of pyridine rings is 1. The van der Waals surface area contributed by atoms with E-state index in [9.17, 15) is 39.5 Å². The van der Waals surface area contributed by atoms with Gasteiger partial charge in [0.05, 0.1) is 16.8 Å². The van der Waals surface area contributed by atoms with Gasteiger partial charge in [-0.25, -0.2) is 14.8 Å². The van der Waals surface area contributed by atoms with Gasteiger partial charge in [0.15, 0.2) is 0 Å². The normalized spacial score (nSPS) is 15.4. The second kappa shape index (κ2) is 14.2. The SMILES string of the molecule is CNc1nc2c(c(Nc3ccc(C(F)(F)F)cc3)n1)CCN(c1ncccc1C(F)(F)F)C(CCOC)C2.O=C(O)C(F)(F)F. The number of nitrogens with zero attached hydrogens (tertiary/aromatic N) is 4. The summed E-state index contributed by atoms with van der Waals surface area (Å²) in [7, 11) is 3.14. The predicted molar refractivity (Wildman–Crippen MR) is 144 cm³/mol. The van der Waals surface area contributed by atoms with Crippen molar-refractivity contribution >= 4 is 29.2 Å². The van der Waals surface area contributed by atoms with Crippen molar-refractivity contribution in [3.63, 3.8) is 0 Å². The summed E-state index contributed by atoms with van der Waals surface area (Å²) in [5.41, 5.74) is 0.0404. The van der Waals surface area contributed by atoms with E-state index in [0.717, 1.165) is 18.2 Å². The highest BCUT2D eigenvalue weighted by molar-refractivity contribution is 5.73. The number of nitrogens with one attached hydrogen (secondary N) is 2. The second-order valence-electron chi connectivity index (χ2n) is 9.53. The van der Waals surface area contributed by atoms with Crippen molar-refractivity contribution in [2.45, 2.75) is 43.8 Å². The molecule has 45 heavy (non-hydrogen) atoms. The van der Waals surface area contributed by atoms with Gasteiger partial charge in [0, 0.05) is 57.2 Å². The van der Waals surface area contributed by atoms with Gasteiger partial charge in [-0.2, -0.15) is 44.5 Å². The van der Waals surface area contributed by atoms with Crippen LogP contribution in [0.15, 0.2) is 42.6 Å². The van der Waals surface area contributed by atoms with Gasteiger partial charge in [0.2, 0.25) is 5.95 Å². The highest BCUT2D eigenvalue weighted by Crippen LogP contribution is 2.38. The fourth-order valence-corrected chi connectivity index (χ4v) is 4.44. The first kappa shape index (κ1) is 35.1. The number of carboxylic acid groups (broad SMARTS) is 1. The van der Waals surface area contributed by atoms with Crippen molar-refractivity contribution in [2.24, 2.45) is 0 Å². The minimum absolute atomic E-state index is 0.173. The first-order valence-corrected chi connectivity index (χ1v) is 13.1. The molecule has 3 heterocycles. The Balaban J connectivity index is 0.000000707. The Morgan fingerprint density at radius 2 is 1.67 bits per heavy atom. The molecule has 246 valence electrons. The molecule has 1 aliphatic rings. The number of alkyl halides is 9. The third-order valence-electron chi connectivity index (χ3n) is 6.53. The van der Waals surface area contributed by atoms with E-state index in [-0.39, 0.29) is 31.2 Å². The van der Waals surface area contributed by atoms with Gasteiger partial charge in [-0.15, -0.1) is 0 Å². The minimum atomic E-state index is -5.08. The zero-order chi connectivity index (χ0) is 33.6. The molecule has 1 unspecified atom stereocenters. The van der Waals surface area contributed by atoms with Crippen LogP contribution in [0.4, 0.5) is 62.8 Å². The van der Waals surface area contributed by atoms with Crippen LogP contribution in [0, 0.1) is 0 Å². The first-order chi connectivity index (χ1) is 21.0. The van der Waals surface area contributed by atoms with Crippen LogP contribution in [0.5, 0.6) is 0 Å². The van der Waals surface area contributed by atoms with Gasteiger partial charge in [0.1, 0.15) is 11.6 Å². The van der Waals surface area contributed by atoms with E-state index in [1.54, 1.807) is 11.9 Å². The third-order valence-corrected chi connectivity index (χ3v) is 6.53. The molecule has 1 aliphatic heterocycles. The highest BCUT2D eigenvalue weighted by Gasteiger charge is 2.39. The van der Waals surface area contributed by atoms with E-state index in [1.165, 1.54) is 31.5 Å². The summed E-state index contributed by atoms with van der Waals surface area (Å²) in [6.45, 7) is 0.497. The lowest BCUT2D eigenvalue weighted by Gasteiger charge is -2.32. The fourth-order valence-electron chi connectivity index (χ4n) is 4.44. The Bertz CT molecular complexity index is 1450. The van der Waals surface area contributed by atoms with Crippen LogP contribution in [0.25, 0.3) is 0 Å². The summed E-state index contributed by atoms with van der Waals surface area (Å²) in [5, 5.41) is 13.1. The predicted octanol–water partition coefficient (Wildman–Crippen LogP) is 6.34. The number of hydrogen-bond donors (Lipinski definition) is 3. The Morgan fingerprint density at radius 1 is 1.02 bits per heavy atom. The van der Waals surface area contributed by atoms with Crippen molar-refractivity contribution < 1.29 is 54.2 Å². The highest BCUT2D eigenvalue weighted by atomic mass is 19.4. The van der Waals surface area contributed by atoms with Crippen molar-refractivity contribution in [3.8, 4) is 0 Å². The molecule has 0 aliphatic carbocycles. The lowest BCUT2D eigenvalue weighted by atomic mass is 10.0. The minimum Gasteiger partial charge on any atom is -0.475 e. The summed E-state index contributed by atoms with van der Waals surface area (Å²) in [4.78, 5) is 23.7. The smallest absolute Gasteiger partial charge is 0.475 e. The number of halogens is 9. The molecule has 0 fully saturated rings. The molecule has 0 bridgehead atoms. The standard InChI is InChI=1S/C25H26F6N6O.C2HF3O2/c1-32-23-35-20-14-17(10-13-38-2)37(22-19(25(29,30)31)4-3-11-33-22)12-9-18(20)21(36-23)34-16-7-5-15(6-8-16)24(26,27)28;3-2(4,5)1(6)7/h3-8,11,17H,9-10,12-14H2,1-2H3,(H2,32,34,35,36);(H,6,7). The van der Waals surface area contributed by atoms with Crippen LogP contribution >= 0.6 is 0 Å². The zero-order valence-electron chi connectivity index (χ0n) is 23.6. The number of hydrogen-bond acceptors (Lipinski definition) is 8. The molecule has 4 rings (SSSR count). The monoisotopic (exact) mass is 654 g/mol. The lowest BCUT2D eigenvalue weighted by molar-refractivity contribution is -0.192. The molecule has 1 aromatic carbocycles. The molecule has 2 aromatic heterocycles. The maximum atomic E-state index is 13.9. The van der Waals surface area contributed by atoms with Crippen molar-refractivity contribution in [1.29, 1.82) is 0 Å². The molecule has 0 radical (unpaired) electrons. The van der Waals surface area contributed by atoms with Crippen LogP contribution in [-0.2, 0) is 34.7 Å². The van der Waals surface area contributed by atoms with Crippen molar-refractivity contribution in [2.75, 3.05) is 42.8 Å². The van der Waals surface area contributed by atoms with E-state index in [0.29, 0.717) is 35.8 Å². The Morgan fingerprint density at radius 3 is 2.20 bits per heavy atom. The maximum absolute atomic E-state index is 13.9. The number of ether oxygens (including phenoxy) is 1. The van der Waals surface area contributed by atoms with E-state index < -0.39 is 41.7 Å². The molecule has 0 amide bonds. The summed E-state index contributed by atoms with van der Waals surface area (Å²) >= 11 is 0. The van der Waals surface area contributed by atoms with Crippen LogP contribution in [0.1, 0.15) is 28.8 Å². The molecule has 0 spiro atoms. The quantitative estimate of drug-likeness (QED) is 0.252. The number of fused-ring (bicyclic) bond motifs is 1. The van der Waals surface area contributed by atoms with Gasteiger partial charge in [-0.05, 0) is 49.2 Å². The fraction of sp³-hybridized carbons (Fsp3) is 0.407. The number of anilines is 4. The molecule has 3 aromatic rings. The van der Waals surface area contributed by atoms with Gasteiger partial charge in [0.25, 0.3) is 0 Å². The second-order valence-corrected chi connectivity index (χ2v) is 9.53. The third kappa shape index (κ3) is 9.32. The average molecular weight is 655 g/mol.